The first-order valence-electron chi connectivity index (χ1n) is 9.12. The summed E-state index contributed by atoms with van der Waals surface area (Å²) >= 11 is 5.84. The third kappa shape index (κ3) is 8.70. The zero-order chi connectivity index (χ0) is 21.3. The van der Waals surface area contributed by atoms with Gasteiger partial charge >= 0.3 is 0 Å². The quantitative estimate of drug-likeness (QED) is 0.355. The number of hydrogen-bond acceptors (Lipinski definition) is 4. The molecule has 0 atom stereocenters. The molecule has 0 aromatic heterocycles. The van der Waals surface area contributed by atoms with Crippen LogP contribution in [-0.2, 0) is 22.1 Å². The van der Waals surface area contributed by atoms with Crippen LogP contribution in [0.2, 0.25) is 5.02 Å². The van der Waals surface area contributed by atoms with Crippen LogP contribution in [0.4, 0.5) is 4.39 Å². The molecule has 0 saturated heterocycles. The molecule has 0 aliphatic heterocycles. The number of nitrogens with zero attached hydrogens (tertiary/aromatic N) is 1. The van der Waals surface area contributed by atoms with Gasteiger partial charge in [0.25, 0.3) is 0 Å². The lowest BCUT2D eigenvalue weighted by atomic mass is 10.1. The van der Waals surface area contributed by atoms with Crippen LogP contribution in [0.3, 0.4) is 0 Å². The molecule has 0 bridgehead atoms. The van der Waals surface area contributed by atoms with Crippen molar-refractivity contribution in [3.63, 3.8) is 0 Å². The van der Waals surface area contributed by atoms with E-state index in [1.54, 1.807) is 24.3 Å². The van der Waals surface area contributed by atoms with Crippen LogP contribution in [0.15, 0.2) is 47.5 Å². The predicted molar refractivity (Wildman–Crippen MR) is 115 cm³/mol. The van der Waals surface area contributed by atoms with Crippen molar-refractivity contribution < 1.29 is 17.5 Å². The third-order valence-corrected chi connectivity index (χ3v) is 4.90. The van der Waals surface area contributed by atoms with Crippen molar-refractivity contribution in [2.24, 2.45) is 4.99 Å². The number of rotatable bonds is 9. The van der Waals surface area contributed by atoms with Gasteiger partial charge in [-0.25, -0.2) is 17.8 Å². The average Bonchev–Trinajstić information content (AvgIpc) is 2.65. The van der Waals surface area contributed by atoms with E-state index in [2.05, 4.69) is 15.6 Å². The molecule has 0 heterocycles. The maximum absolute atomic E-state index is 13.6. The number of nitrogens with one attached hydrogen (secondary N) is 2. The van der Waals surface area contributed by atoms with Crippen molar-refractivity contribution in [2.45, 2.75) is 19.2 Å². The summed E-state index contributed by atoms with van der Waals surface area (Å²) in [5.41, 5.74) is 1.07. The van der Waals surface area contributed by atoms with Crippen LogP contribution < -0.4 is 15.4 Å². The fourth-order valence-corrected chi connectivity index (χ4v) is 3.51. The molecule has 29 heavy (non-hydrogen) atoms. The molecular weight excluding hydrogens is 417 g/mol. The second-order valence-electron chi connectivity index (χ2n) is 6.41. The smallest absolute Gasteiger partial charge is 0.191 e. The maximum atomic E-state index is 13.6. The van der Waals surface area contributed by atoms with Gasteiger partial charge in [0.05, 0.1) is 18.8 Å². The van der Waals surface area contributed by atoms with Crippen LogP contribution in [0.5, 0.6) is 5.75 Å². The molecule has 0 spiro atoms. The summed E-state index contributed by atoms with van der Waals surface area (Å²) in [6.45, 7) is 3.62. The van der Waals surface area contributed by atoms with Crippen molar-refractivity contribution in [3.8, 4) is 5.75 Å². The van der Waals surface area contributed by atoms with Crippen molar-refractivity contribution in [1.29, 1.82) is 0 Å². The normalized spacial score (nSPS) is 11.9. The summed E-state index contributed by atoms with van der Waals surface area (Å²) in [7, 11) is -3.23. The first-order valence-corrected chi connectivity index (χ1v) is 11.6. The molecule has 0 amide bonds. The van der Waals surface area contributed by atoms with Gasteiger partial charge in [-0.3, -0.25) is 0 Å². The molecule has 9 heteroatoms. The van der Waals surface area contributed by atoms with Crippen LogP contribution >= 0.6 is 11.6 Å². The van der Waals surface area contributed by atoms with Crippen molar-refractivity contribution >= 4 is 27.4 Å². The molecule has 0 fully saturated rings. The highest BCUT2D eigenvalue weighted by Crippen LogP contribution is 2.16. The van der Waals surface area contributed by atoms with Crippen LogP contribution in [0.1, 0.15) is 18.1 Å². The Labute approximate surface area is 176 Å². The molecule has 2 N–H and O–H groups in total. The molecule has 2 aromatic carbocycles. The maximum Gasteiger partial charge on any atom is 0.191 e. The van der Waals surface area contributed by atoms with Crippen molar-refractivity contribution in [3.05, 3.63) is 64.4 Å². The molecule has 0 radical (unpaired) electrons. The Kier molecular flexibility index (Phi) is 8.72. The van der Waals surface area contributed by atoms with Crippen LogP contribution in [-0.4, -0.2) is 40.3 Å². The number of guanidine groups is 1. The molecule has 6 nitrogen and oxygen atoms in total. The summed E-state index contributed by atoms with van der Waals surface area (Å²) in [4.78, 5) is 4.43. The van der Waals surface area contributed by atoms with E-state index in [1.165, 1.54) is 18.2 Å². The Bertz CT molecular complexity index is 934. The lowest BCUT2D eigenvalue weighted by Gasteiger charge is -2.13. The fourth-order valence-electron chi connectivity index (χ4n) is 2.54. The van der Waals surface area contributed by atoms with Crippen LogP contribution in [0.25, 0.3) is 0 Å². The summed E-state index contributed by atoms with van der Waals surface area (Å²) in [6.07, 6.45) is 1.15. The minimum absolute atomic E-state index is 0.149. The van der Waals surface area contributed by atoms with E-state index in [0.29, 0.717) is 47.6 Å². The number of halogens is 2. The first kappa shape index (κ1) is 23.0. The number of aliphatic imine (C=N–C) groups is 1. The Morgan fingerprint density at radius 1 is 1.14 bits per heavy atom. The third-order valence-electron chi connectivity index (χ3n) is 3.81. The largest absolute Gasteiger partial charge is 0.492 e. The molecule has 0 saturated carbocycles. The highest BCUT2D eigenvalue weighted by atomic mass is 35.5. The van der Waals surface area contributed by atoms with E-state index < -0.39 is 15.7 Å². The van der Waals surface area contributed by atoms with Gasteiger partial charge in [-0.2, -0.15) is 0 Å². The molecule has 0 aliphatic rings. The Balaban J connectivity index is 1.97. The van der Waals surface area contributed by atoms with Gasteiger partial charge in [0.2, 0.25) is 0 Å². The van der Waals surface area contributed by atoms with E-state index >= 15 is 0 Å². The predicted octanol–water partition coefficient (Wildman–Crippen LogP) is 3.16. The molecule has 158 valence electrons. The minimum atomic E-state index is -3.23. The highest BCUT2D eigenvalue weighted by molar-refractivity contribution is 7.89. The zero-order valence-electron chi connectivity index (χ0n) is 16.4. The monoisotopic (exact) mass is 441 g/mol. The standard InChI is InChI=1S/C20H25ClFN3O3S/c1-3-23-20(24-10-11-28-19-8-5-17(21)6-9-19)25-13-16-12-18(22)7-4-15(16)14-29(2,26)27/h4-9,12H,3,10-11,13-14H2,1-2H3,(H2,23,24,25). The van der Waals surface area contributed by atoms with E-state index in [-0.39, 0.29) is 12.3 Å². The summed E-state index contributed by atoms with van der Waals surface area (Å²) in [5, 5.41) is 6.87. The van der Waals surface area contributed by atoms with Gasteiger partial charge in [0.15, 0.2) is 15.8 Å². The first-order chi connectivity index (χ1) is 13.8. The number of benzene rings is 2. The second-order valence-corrected chi connectivity index (χ2v) is 8.98. The van der Waals surface area contributed by atoms with Gasteiger partial charge in [-0.1, -0.05) is 17.7 Å². The second kappa shape index (κ2) is 11.0. The van der Waals surface area contributed by atoms with E-state index in [4.69, 9.17) is 16.3 Å². The van der Waals surface area contributed by atoms with Gasteiger partial charge in [-0.15, -0.1) is 0 Å². The van der Waals surface area contributed by atoms with Gasteiger partial charge in [0, 0.05) is 17.8 Å². The van der Waals surface area contributed by atoms with Gasteiger partial charge in [-0.05, 0) is 54.4 Å². The number of ether oxygens (including phenoxy) is 1. The average molecular weight is 442 g/mol. The summed E-state index contributed by atoms with van der Waals surface area (Å²) in [6, 6.07) is 11.1. The zero-order valence-corrected chi connectivity index (χ0v) is 18.0. The minimum Gasteiger partial charge on any atom is -0.492 e. The molecule has 0 unspecified atom stereocenters. The lowest BCUT2D eigenvalue weighted by Crippen LogP contribution is -2.39. The SMILES string of the molecule is CCNC(=NCc1cc(F)ccc1CS(C)(=O)=O)NCCOc1ccc(Cl)cc1. The van der Waals surface area contributed by atoms with E-state index in [0.717, 1.165) is 6.26 Å². The summed E-state index contributed by atoms with van der Waals surface area (Å²) in [5.74, 6) is 0.656. The Morgan fingerprint density at radius 2 is 1.86 bits per heavy atom. The Hall–Kier alpha value is -2.32. The van der Waals surface area contributed by atoms with Crippen molar-refractivity contribution in [1.82, 2.24) is 10.6 Å². The van der Waals surface area contributed by atoms with Crippen molar-refractivity contribution in [2.75, 3.05) is 26.0 Å². The van der Waals surface area contributed by atoms with Gasteiger partial charge in [0.1, 0.15) is 18.2 Å². The molecule has 2 aromatic rings. The highest BCUT2D eigenvalue weighted by Gasteiger charge is 2.10. The Morgan fingerprint density at radius 3 is 2.52 bits per heavy atom. The molecule has 2 rings (SSSR count). The lowest BCUT2D eigenvalue weighted by molar-refractivity contribution is 0.322. The van der Waals surface area contributed by atoms with Gasteiger partial charge < -0.3 is 15.4 Å². The van der Waals surface area contributed by atoms with Crippen LogP contribution in [0, 0.1) is 5.82 Å². The fraction of sp³-hybridized carbons (Fsp3) is 0.350. The summed E-state index contributed by atoms with van der Waals surface area (Å²) < 4.78 is 42.5. The van der Waals surface area contributed by atoms with E-state index in [9.17, 15) is 12.8 Å². The van der Waals surface area contributed by atoms with E-state index in [1.807, 2.05) is 6.92 Å². The number of sulfone groups is 1. The number of hydrogen-bond donors (Lipinski definition) is 2. The molecule has 0 aliphatic carbocycles. The topological polar surface area (TPSA) is 79.8 Å². The molecular formula is C20H25ClFN3O3S.